The smallest absolute Gasteiger partial charge is 0.293 e. The highest BCUT2D eigenvalue weighted by molar-refractivity contribution is 7.16. The molecule has 0 saturated carbocycles. The van der Waals surface area contributed by atoms with Gasteiger partial charge < -0.3 is 4.42 Å². The van der Waals surface area contributed by atoms with Crippen molar-refractivity contribution in [1.82, 2.24) is 4.98 Å². The van der Waals surface area contributed by atoms with E-state index >= 15 is 0 Å². The van der Waals surface area contributed by atoms with Crippen molar-refractivity contribution in [2.24, 2.45) is 0 Å². The lowest BCUT2D eigenvalue weighted by Crippen LogP contribution is -2.10. The minimum Gasteiger partial charge on any atom is -0.459 e. The fraction of sp³-hybridized carbons (Fsp3) is 0.176. The monoisotopic (exact) mass is 346 g/mol. The van der Waals surface area contributed by atoms with Crippen molar-refractivity contribution < 1.29 is 9.21 Å². The average Bonchev–Trinajstić information content (AvgIpc) is 3.19. The summed E-state index contributed by atoms with van der Waals surface area (Å²) >= 11 is 7.44. The molecule has 0 fully saturated rings. The van der Waals surface area contributed by atoms with Crippen LogP contribution in [0.5, 0.6) is 0 Å². The summed E-state index contributed by atoms with van der Waals surface area (Å²) in [6.07, 6.45) is 3.39. The molecule has 0 saturated heterocycles. The third-order valence-electron chi connectivity index (χ3n) is 3.26. The number of carbonyl (C=O) groups excluding carboxylic acids is 1. The number of benzene rings is 1. The number of anilines is 1. The molecule has 118 valence electrons. The van der Waals surface area contributed by atoms with Crippen LogP contribution >= 0.6 is 22.9 Å². The fourth-order valence-electron chi connectivity index (χ4n) is 2.20. The summed E-state index contributed by atoms with van der Waals surface area (Å²) in [6, 6.07) is 10.9. The lowest BCUT2D eigenvalue weighted by Gasteiger charge is -2.01. The van der Waals surface area contributed by atoms with E-state index in [1.807, 2.05) is 24.3 Å². The number of aryl methyl sites for hydroxylation is 1. The number of halogens is 1. The Hall–Kier alpha value is -2.11. The van der Waals surface area contributed by atoms with Gasteiger partial charge in [0.15, 0.2) is 10.9 Å². The molecule has 0 aliphatic heterocycles. The number of nitrogens with one attached hydrogen (secondary N) is 1. The molecule has 0 aliphatic carbocycles. The Morgan fingerprint density at radius 3 is 2.74 bits per heavy atom. The number of hydrogen-bond donors (Lipinski definition) is 1. The zero-order chi connectivity index (χ0) is 16.2. The summed E-state index contributed by atoms with van der Waals surface area (Å²) in [5.74, 6) is -0.0280. The number of furan rings is 1. The standard InChI is InChI=1S/C17H15ClN2O2S/c1-2-4-14-15(11-6-8-12(18)9-7-11)19-17(23-14)20-16(21)13-5-3-10-22-13/h3,5-10H,2,4H2,1H3,(H,19,20,21). The van der Waals surface area contributed by atoms with Gasteiger partial charge in [-0.25, -0.2) is 4.98 Å². The summed E-state index contributed by atoms with van der Waals surface area (Å²) in [7, 11) is 0. The topological polar surface area (TPSA) is 55.1 Å². The Morgan fingerprint density at radius 1 is 1.30 bits per heavy atom. The third-order valence-corrected chi connectivity index (χ3v) is 4.54. The van der Waals surface area contributed by atoms with Crippen molar-refractivity contribution in [2.45, 2.75) is 19.8 Å². The highest BCUT2D eigenvalue weighted by Gasteiger charge is 2.16. The number of amides is 1. The number of thiazole rings is 1. The molecule has 0 aliphatic rings. The Labute approximate surface area is 143 Å². The Balaban J connectivity index is 1.89. The highest BCUT2D eigenvalue weighted by Crippen LogP contribution is 2.33. The second-order valence-corrected chi connectivity index (χ2v) is 6.50. The number of nitrogens with zero attached hydrogens (tertiary/aromatic N) is 1. The predicted octanol–water partition coefficient (Wildman–Crippen LogP) is 5.26. The van der Waals surface area contributed by atoms with Crippen molar-refractivity contribution in [3.8, 4) is 11.3 Å². The van der Waals surface area contributed by atoms with Gasteiger partial charge in [-0.05, 0) is 30.7 Å². The average molecular weight is 347 g/mol. The second kappa shape index (κ2) is 6.98. The largest absolute Gasteiger partial charge is 0.459 e. The molecule has 0 radical (unpaired) electrons. The first-order valence-corrected chi connectivity index (χ1v) is 8.47. The van der Waals surface area contributed by atoms with Crippen LogP contribution in [0.25, 0.3) is 11.3 Å². The zero-order valence-electron chi connectivity index (χ0n) is 12.5. The maximum absolute atomic E-state index is 12.1. The van der Waals surface area contributed by atoms with Crippen LogP contribution in [0.15, 0.2) is 47.1 Å². The van der Waals surface area contributed by atoms with Crippen LogP contribution in [0.2, 0.25) is 5.02 Å². The first-order valence-electron chi connectivity index (χ1n) is 7.28. The van der Waals surface area contributed by atoms with Gasteiger partial charge in [0.25, 0.3) is 5.91 Å². The van der Waals surface area contributed by atoms with E-state index in [4.69, 9.17) is 16.0 Å². The number of rotatable bonds is 5. The van der Waals surface area contributed by atoms with Gasteiger partial charge in [0.2, 0.25) is 0 Å². The summed E-state index contributed by atoms with van der Waals surface area (Å²) < 4.78 is 5.10. The van der Waals surface area contributed by atoms with E-state index in [2.05, 4.69) is 17.2 Å². The quantitative estimate of drug-likeness (QED) is 0.685. The van der Waals surface area contributed by atoms with Gasteiger partial charge in [0.1, 0.15) is 0 Å². The molecule has 4 nitrogen and oxygen atoms in total. The minimum atomic E-state index is -0.297. The fourth-order valence-corrected chi connectivity index (χ4v) is 3.41. The zero-order valence-corrected chi connectivity index (χ0v) is 14.1. The molecular weight excluding hydrogens is 332 g/mol. The predicted molar refractivity (Wildman–Crippen MR) is 93.2 cm³/mol. The van der Waals surface area contributed by atoms with E-state index in [9.17, 15) is 4.79 Å². The van der Waals surface area contributed by atoms with E-state index in [1.54, 1.807) is 12.1 Å². The van der Waals surface area contributed by atoms with E-state index < -0.39 is 0 Å². The van der Waals surface area contributed by atoms with E-state index in [-0.39, 0.29) is 11.7 Å². The van der Waals surface area contributed by atoms with E-state index in [1.165, 1.54) is 17.6 Å². The second-order valence-electron chi connectivity index (χ2n) is 4.98. The van der Waals surface area contributed by atoms with Gasteiger partial charge in [-0.1, -0.05) is 37.1 Å². The molecule has 2 aromatic heterocycles. The van der Waals surface area contributed by atoms with Gasteiger partial charge in [-0.3, -0.25) is 10.1 Å². The summed E-state index contributed by atoms with van der Waals surface area (Å²) in [6.45, 7) is 2.12. The normalized spacial score (nSPS) is 10.7. The molecule has 0 spiro atoms. The van der Waals surface area contributed by atoms with Crippen LogP contribution < -0.4 is 5.32 Å². The van der Waals surface area contributed by atoms with Gasteiger partial charge in [0, 0.05) is 15.5 Å². The van der Waals surface area contributed by atoms with Gasteiger partial charge in [-0.2, -0.15) is 0 Å². The van der Waals surface area contributed by atoms with Crippen molar-refractivity contribution in [3.63, 3.8) is 0 Å². The molecule has 0 bridgehead atoms. The van der Waals surface area contributed by atoms with Crippen LogP contribution in [0.4, 0.5) is 5.13 Å². The summed E-state index contributed by atoms with van der Waals surface area (Å²) in [4.78, 5) is 17.8. The van der Waals surface area contributed by atoms with Crippen LogP contribution in [-0.2, 0) is 6.42 Å². The van der Waals surface area contributed by atoms with E-state index in [0.29, 0.717) is 10.2 Å². The van der Waals surface area contributed by atoms with Crippen LogP contribution in [0.3, 0.4) is 0 Å². The molecule has 3 rings (SSSR count). The van der Waals surface area contributed by atoms with Gasteiger partial charge in [0.05, 0.1) is 12.0 Å². The first kappa shape index (κ1) is 15.8. The van der Waals surface area contributed by atoms with Gasteiger partial charge in [-0.15, -0.1) is 11.3 Å². The third kappa shape index (κ3) is 3.63. The molecule has 1 amide bonds. The molecule has 1 aromatic carbocycles. The van der Waals surface area contributed by atoms with Gasteiger partial charge >= 0.3 is 0 Å². The van der Waals surface area contributed by atoms with Crippen LogP contribution in [0.1, 0.15) is 28.8 Å². The highest BCUT2D eigenvalue weighted by atomic mass is 35.5. The van der Waals surface area contributed by atoms with Crippen LogP contribution in [0, 0.1) is 0 Å². The molecule has 23 heavy (non-hydrogen) atoms. The maximum atomic E-state index is 12.1. The van der Waals surface area contributed by atoms with Crippen molar-refractivity contribution in [2.75, 3.05) is 5.32 Å². The minimum absolute atomic E-state index is 0.269. The molecule has 6 heteroatoms. The SMILES string of the molecule is CCCc1sc(NC(=O)c2ccco2)nc1-c1ccc(Cl)cc1. The van der Waals surface area contributed by atoms with Crippen molar-refractivity contribution in [3.05, 3.63) is 58.3 Å². The maximum Gasteiger partial charge on any atom is 0.293 e. The Bertz CT molecular complexity index is 795. The van der Waals surface area contributed by atoms with Crippen molar-refractivity contribution >= 4 is 34.0 Å². The summed E-state index contributed by atoms with van der Waals surface area (Å²) in [5, 5.41) is 4.05. The molecule has 0 unspecified atom stereocenters. The molecular formula is C17H15ClN2O2S. The lowest BCUT2D eigenvalue weighted by molar-refractivity contribution is 0.0996. The van der Waals surface area contributed by atoms with E-state index in [0.717, 1.165) is 29.0 Å². The first-order chi connectivity index (χ1) is 11.2. The molecule has 3 aromatic rings. The molecule has 0 atom stereocenters. The molecule has 1 N–H and O–H groups in total. The number of aromatic nitrogens is 1. The Kier molecular flexibility index (Phi) is 4.79. The van der Waals surface area contributed by atoms with Crippen molar-refractivity contribution in [1.29, 1.82) is 0 Å². The lowest BCUT2D eigenvalue weighted by atomic mass is 10.1. The van der Waals surface area contributed by atoms with Crippen LogP contribution in [-0.4, -0.2) is 10.9 Å². The molecule has 2 heterocycles. The Morgan fingerprint density at radius 2 is 2.09 bits per heavy atom. The number of hydrogen-bond acceptors (Lipinski definition) is 4. The summed E-state index contributed by atoms with van der Waals surface area (Å²) in [5.41, 5.74) is 1.89. The number of carbonyl (C=O) groups is 1.